The number of hydrogen-bond acceptors (Lipinski definition) is 14. The van der Waals surface area contributed by atoms with Crippen molar-refractivity contribution in [1.82, 2.24) is 10.3 Å². The molecule has 0 saturated carbocycles. The van der Waals surface area contributed by atoms with Crippen LogP contribution >= 0.6 is 0 Å². The molecule has 0 unspecified atom stereocenters. The van der Waals surface area contributed by atoms with Gasteiger partial charge in [0.1, 0.15) is 48.5 Å². The molecule has 4 aromatic carbocycles. The zero-order valence-electron chi connectivity index (χ0n) is 33.6. The molecule has 0 aliphatic carbocycles. The van der Waals surface area contributed by atoms with Crippen LogP contribution in [0.25, 0.3) is 22.0 Å². The van der Waals surface area contributed by atoms with Crippen LogP contribution in [0.3, 0.4) is 0 Å². The Balaban J connectivity index is 1.15. The van der Waals surface area contributed by atoms with E-state index in [4.69, 9.17) is 38.9 Å². The number of nitrogens with one attached hydrogen (secondary N) is 2. The van der Waals surface area contributed by atoms with Crippen LogP contribution in [0.5, 0.6) is 28.7 Å². The van der Waals surface area contributed by atoms with Crippen molar-refractivity contribution in [3.8, 4) is 39.9 Å². The van der Waals surface area contributed by atoms with E-state index in [-0.39, 0.29) is 24.5 Å². The summed E-state index contributed by atoms with van der Waals surface area (Å²) < 4.78 is 44.6. The monoisotopic (exact) mass is 847 g/mol. The summed E-state index contributed by atoms with van der Waals surface area (Å²) in [7, 11) is 3.14. The largest absolute Gasteiger partial charge is 0.493 e. The molecule has 8 N–H and O–H groups in total. The molecule has 16 heteroatoms. The standard InChI is InChI=1S/C46H45N3O13/c1-56-28-13-12-25-35-30(18-22-8-4-3-5-9-22)58-31-19-29-24(34(26-21-49-27-11-7-6-10-23(26)27)36(31)39(35)61-37(25)38(28)57-2)14-15-45(55)40(53)41(54)46(62-44(45)59-29)16-17-48-43(47)42(46)60-33(52)20-32(50)51/h3-13,16-17,19,21,30,35,39-44,48-49,53-55H,14-15,18,20,47H2,1-2H3,(H,50,51)/t30-,35-,39-,40+,41+,42-,43+,44-,45-,46+/m1/s1. The number of aromatic amines is 1. The summed E-state index contributed by atoms with van der Waals surface area (Å²) in [6.45, 7) is 0. The van der Waals surface area contributed by atoms with E-state index >= 15 is 0 Å². The van der Waals surface area contributed by atoms with Crippen molar-refractivity contribution in [1.29, 1.82) is 0 Å². The molecule has 6 heterocycles. The highest BCUT2D eigenvalue weighted by molar-refractivity contribution is 5.98. The number of aromatic nitrogens is 1. The lowest BCUT2D eigenvalue weighted by molar-refractivity contribution is -0.354. The van der Waals surface area contributed by atoms with Crippen LogP contribution in [-0.4, -0.2) is 99.6 Å². The Kier molecular flexibility index (Phi) is 9.60. The van der Waals surface area contributed by atoms with Crippen LogP contribution in [0.1, 0.15) is 47.1 Å². The van der Waals surface area contributed by atoms with Gasteiger partial charge in [-0.25, -0.2) is 0 Å². The normalized spacial score (nSPS) is 30.2. The molecule has 1 aromatic heterocycles. The lowest BCUT2D eigenvalue weighted by Gasteiger charge is -2.55. The van der Waals surface area contributed by atoms with Gasteiger partial charge in [0.15, 0.2) is 28.8 Å². The number of carboxylic acids is 1. The van der Waals surface area contributed by atoms with Crippen molar-refractivity contribution in [3.05, 3.63) is 114 Å². The quantitative estimate of drug-likeness (QED) is 0.0871. The number of ether oxygens (including phenoxy) is 7. The maximum absolute atomic E-state index is 12.8. The molecular weight excluding hydrogens is 803 g/mol. The van der Waals surface area contributed by atoms with Gasteiger partial charge in [0.25, 0.3) is 0 Å². The van der Waals surface area contributed by atoms with Crippen LogP contribution in [0.4, 0.5) is 0 Å². The second-order valence-electron chi connectivity index (χ2n) is 16.3. The van der Waals surface area contributed by atoms with E-state index in [0.717, 1.165) is 38.7 Å². The Morgan fingerprint density at radius 3 is 2.52 bits per heavy atom. The molecule has 0 amide bonds. The van der Waals surface area contributed by atoms with E-state index in [1.807, 2.05) is 72.9 Å². The fourth-order valence-corrected chi connectivity index (χ4v) is 10.0. The van der Waals surface area contributed by atoms with Gasteiger partial charge in [-0.2, -0.15) is 0 Å². The molecule has 5 aliphatic heterocycles. The fraction of sp³-hybridized carbons (Fsp3) is 0.348. The number of carboxylic acid groups (broad SMARTS) is 1. The van der Waals surface area contributed by atoms with Gasteiger partial charge in [0.05, 0.1) is 20.1 Å². The van der Waals surface area contributed by atoms with Gasteiger partial charge >= 0.3 is 11.9 Å². The van der Waals surface area contributed by atoms with E-state index in [0.29, 0.717) is 35.0 Å². The fourth-order valence-electron chi connectivity index (χ4n) is 10.0. The minimum absolute atomic E-state index is 0.119. The molecule has 322 valence electrons. The number of aliphatic carboxylic acids is 1. The number of carbonyl (C=O) groups is 2. The molecule has 5 aromatic rings. The summed E-state index contributed by atoms with van der Waals surface area (Å²) in [5.74, 6) is -0.714. The first kappa shape index (κ1) is 39.8. The van der Waals surface area contributed by atoms with Crippen molar-refractivity contribution in [3.63, 3.8) is 0 Å². The number of H-pyrrole nitrogens is 1. The van der Waals surface area contributed by atoms with Crippen molar-refractivity contribution in [2.45, 2.75) is 85.8 Å². The van der Waals surface area contributed by atoms with Gasteiger partial charge in [-0.1, -0.05) is 54.6 Å². The number of aliphatic hydroxyl groups excluding tert-OH is 2. The Morgan fingerprint density at radius 2 is 1.74 bits per heavy atom. The van der Waals surface area contributed by atoms with Crippen molar-refractivity contribution < 1.29 is 63.2 Å². The number of benzene rings is 4. The summed E-state index contributed by atoms with van der Waals surface area (Å²) in [5, 5.41) is 49.3. The third-order valence-electron chi connectivity index (χ3n) is 12.9. The van der Waals surface area contributed by atoms with Gasteiger partial charge in [-0.05, 0) is 42.8 Å². The number of rotatable bonds is 8. The zero-order chi connectivity index (χ0) is 43.1. The topological polar surface area (TPSA) is 234 Å². The molecule has 10 atom stereocenters. The SMILES string of the molecule is COc1ccc2c(c1OC)O[C@H]1c3c(cc4c(c3-c3c[nH]c5ccccc35)CC[C@]3(O)[C@H](O4)O[C@@]4(C=CN[C@H](N)[C@H]4OC(=O)CC(=O)O)[C@@H](O)[C@@H]3O)O[C@H](Cc3ccccc3)[C@@H]21. The summed E-state index contributed by atoms with van der Waals surface area (Å²) in [6.07, 6.45) is -5.36. The van der Waals surface area contributed by atoms with E-state index in [9.17, 15) is 30.0 Å². The first-order valence-electron chi connectivity index (χ1n) is 20.4. The zero-order valence-corrected chi connectivity index (χ0v) is 33.6. The molecule has 10 rings (SSSR count). The summed E-state index contributed by atoms with van der Waals surface area (Å²) >= 11 is 0. The van der Waals surface area contributed by atoms with Gasteiger partial charge in [-0.15, -0.1) is 0 Å². The van der Waals surface area contributed by atoms with Crippen LogP contribution in [-0.2, 0) is 31.9 Å². The molecule has 1 saturated heterocycles. The predicted octanol–water partition coefficient (Wildman–Crippen LogP) is 3.73. The highest BCUT2D eigenvalue weighted by atomic mass is 16.7. The van der Waals surface area contributed by atoms with Crippen LogP contribution in [0.2, 0.25) is 0 Å². The van der Waals surface area contributed by atoms with Gasteiger partial charge in [-0.3, -0.25) is 9.59 Å². The lowest BCUT2D eigenvalue weighted by Crippen LogP contribution is -2.77. The number of para-hydroxylation sites is 1. The first-order chi connectivity index (χ1) is 29.9. The average Bonchev–Trinajstić information content (AvgIpc) is 3.84. The third-order valence-corrected chi connectivity index (χ3v) is 12.9. The molecule has 62 heavy (non-hydrogen) atoms. The molecule has 5 aliphatic rings. The number of carbonyl (C=O) groups excluding carboxylic acids is 1. The van der Waals surface area contributed by atoms with Crippen LogP contribution in [0, 0.1) is 0 Å². The van der Waals surface area contributed by atoms with Gasteiger partial charge in [0.2, 0.25) is 12.0 Å². The smallest absolute Gasteiger partial charge is 0.317 e. The Labute approximate surface area is 354 Å². The number of esters is 1. The van der Waals surface area contributed by atoms with E-state index in [1.54, 1.807) is 20.3 Å². The molecule has 0 radical (unpaired) electrons. The summed E-state index contributed by atoms with van der Waals surface area (Å²) in [4.78, 5) is 27.6. The van der Waals surface area contributed by atoms with Crippen LogP contribution in [0.15, 0.2) is 91.3 Å². The van der Waals surface area contributed by atoms with E-state index in [2.05, 4.69) is 10.3 Å². The second kappa shape index (κ2) is 15.0. The van der Waals surface area contributed by atoms with E-state index < -0.39 is 72.5 Å². The number of methoxy groups -OCH3 is 2. The van der Waals surface area contributed by atoms with Crippen LogP contribution < -0.4 is 34.7 Å². The first-order valence-corrected chi connectivity index (χ1v) is 20.4. The predicted molar refractivity (Wildman–Crippen MR) is 220 cm³/mol. The molecule has 1 spiro atoms. The van der Waals surface area contributed by atoms with Crippen molar-refractivity contribution in [2.24, 2.45) is 5.73 Å². The summed E-state index contributed by atoms with van der Waals surface area (Å²) in [5.41, 5.74) is 7.72. The minimum atomic E-state index is -2.23. The average molecular weight is 848 g/mol. The Hall–Kier alpha value is -6.30. The highest BCUT2D eigenvalue weighted by Crippen LogP contribution is 2.62. The molecular formula is C46H45N3O13. The summed E-state index contributed by atoms with van der Waals surface area (Å²) in [6, 6.07) is 23.4. The molecule has 1 fully saturated rings. The second-order valence-corrected chi connectivity index (χ2v) is 16.3. The maximum atomic E-state index is 12.8. The van der Waals surface area contributed by atoms with Gasteiger partial charge in [0, 0.05) is 57.4 Å². The Bertz CT molecular complexity index is 2620. The highest BCUT2D eigenvalue weighted by Gasteiger charge is 2.66. The van der Waals surface area contributed by atoms with Gasteiger partial charge < -0.3 is 69.6 Å². The Morgan fingerprint density at radius 1 is 0.952 bits per heavy atom. The number of hydrogen-bond donors (Lipinski definition) is 7. The minimum Gasteiger partial charge on any atom is -0.493 e. The molecule has 0 bridgehead atoms. The van der Waals surface area contributed by atoms with E-state index in [1.165, 1.54) is 12.3 Å². The third kappa shape index (κ3) is 6.07. The maximum Gasteiger partial charge on any atom is 0.317 e. The number of aliphatic hydroxyl groups is 3. The number of fused-ring (bicyclic) bond motifs is 8. The lowest BCUT2D eigenvalue weighted by atomic mass is 9.73. The number of nitrogens with two attached hydrogens (primary N) is 1. The molecule has 16 nitrogen and oxygen atoms in total. The van der Waals surface area contributed by atoms with Crippen molar-refractivity contribution in [2.75, 3.05) is 14.2 Å². The van der Waals surface area contributed by atoms with Crippen molar-refractivity contribution >= 4 is 22.8 Å².